The minimum atomic E-state index is 0.887. The minimum absolute atomic E-state index is 0.887. The molecule has 0 aliphatic carbocycles. The molecule has 0 saturated carbocycles. The second-order valence-electron chi connectivity index (χ2n) is 5.60. The number of aliphatic imine (C=N–C) groups is 1. The van der Waals surface area contributed by atoms with Crippen molar-refractivity contribution in [2.45, 2.75) is 40.0 Å². The molecule has 1 aromatic heterocycles. The molecule has 4 heteroatoms. The lowest BCUT2D eigenvalue weighted by molar-refractivity contribution is 0.768. The fourth-order valence-corrected chi connectivity index (χ4v) is 2.58. The van der Waals surface area contributed by atoms with Crippen LogP contribution in [-0.2, 0) is 6.42 Å². The molecule has 22 heavy (non-hydrogen) atoms. The van der Waals surface area contributed by atoms with Crippen LogP contribution in [0.1, 0.15) is 37.8 Å². The molecule has 0 fully saturated rings. The van der Waals surface area contributed by atoms with Crippen molar-refractivity contribution in [2.75, 3.05) is 19.6 Å². The van der Waals surface area contributed by atoms with E-state index in [4.69, 9.17) is 0 Å². The Balaban J connectivity index is 1.93. The summed E-state index contributed by atoms with van der Waals surface area (Å²) in [6.45, 7) is 9.10. The Hall–Kier alpha value is -1.97. The molecule has 4 nitrogen and oxygen atoms in total. The van der Waals surface area contributed by atoms with Crippen LogP contribution in [0.3, 0.4) is 0 Å². The Labute approximate surface area is 133 Å². The quantitative estimate of drug-likeness (QED) is 0.417. The summed E-state index contributed by atoms with van der Waals surface area (Å²) in [5.41, 5.74) is 3.91. The summed E-state index contributed by atoms with van der Waals surface area (Å²) in [4.78, 5) is 7.97. The van der Waals surface area contributed by atoms with Gasteiger partial charge >= 0.3 is 0 Å². The molecule has 3 N–H and O–H groups in total. The van der Waals surface area contributed by atoms with E-state index in [1.807, 2.05) is 0 Å². The third-order valence-electron chi connectivity index (χ3n) is 3.82. The SMILES string of the molecule is CCCCN=C(NCC)NCCc1c[nH]c2c(C)cccc12. The third kappa shape index (κ3) is 4.26. The second kappa shape index (κ2) is 8.47. The molecular formula is C18H28N4. The van der Waals surface area contributed by atoms with Crippen LogP contribution in [0.4, 0.5) is 0 Å². The van der Waals surface area contributed by atoms with Crippen LogP contribution in [0.5, 0.6) is 0 Å². The number of unbranched alkanes of at least 4 members (excludes halogenated alkanes) is 1. The maximum Gasteiger partial charge on any atom is 0.191 e. The Bertz CT molecular complexity index is 613. The molecule has 0 spiro atoms. The monoisotopic (exact) mass is 300 g/mol. The molecule has 0 radical (unpaired) electrons. The van der Waals surface area contributed by atoms with Gasteiger partial charge in [-0.1, -0.05) is 31.5 Å². The summed E-state index contributed by atoms with van der Waals surface area (Å²) >= 11 is 0. The highest BCUT2D eigenvalue weighted by Crippen LogP contribution is 2.21. The fourth-order valence-electron chi connectivity index (χ4n) is 2.58. The molecule has 2 aromatic rings. The van der Waals surface area contributed by atoms with Crippen molar-refractivity contribution in [3.8, 4) is 0 Å². The lowest BCUT2D eigenvalue weighted by Crippen LogP contribution is -2.38. The number of guanidine groups is 1. The summed E-state index contributed by atoms with van der Waals surface area (Å²) < 4.78 is 0. The molecule has 0 unspecified atom stereocenters. The standard InChI is InChI=1S/C18H28N4/c1-4-6-11-20-18(19-5-2)21-12-10-15-13-22-17-14(3)8-7-9-16(15)17/h7-9,13,22H,4-6,10-12H2,1-3H3,(H2,19,20,21). The average Bonchev–Trinajstić information content (AvgIpc) is 2.92. The van der Waals surface area contributed by atoms with Gasteiger partial charge in [-0.3, -0.25) is 4.99 Å². The molecule has 0 amide bonds. The zero-order valence-corrected chi connectivity index (χ0v) is 14.0. The summed E-state index contributed by atoms with van der Waals surface area (Å²) in [5, 5.41) is 8.05. The van der Waals surface area contributed by atoms with Gasteiger partial charge in [-0.25, -0.2) is 0 Å². The molecule has 1 heterocycles. The summed E-state index contributed by atoms with van der Waals surface area (Å²) in [7, 11) is 0. The van der Waals surface area contributed by atoms with Crippen molar-refractivity contribution in [1.29, 1.82) is 0 Å². The normalized spacial score (nSPS) is 11.9. The van der Waals surface area contributed by atoms with E-state index in [0.717, 1.165) is 38.4 Å². The van der Waals surface area contributed by atoms with Gasteiger partial charge in [0, 0.05) is 36.7 Å². The van der Waals surface area contributed by atoms with Crippen LogP contribution in [-0.4, -0.2) is 30.6 Å². The molecule has 1 aromatic carbocycles. The largest absolute Gasteiger partial charge is 0.361 e. The average molecular weight is 300 g/mol. The number of rotatable bonds is 7. The van der Waals surface area contributed by atoms with Gasteiger partial charge in [0.25, 0.3) is 0 Å². The third-order valence-corrected chi connectivity index (χ3v) is 3.82. The van der Waals surface area contributed by atoms with E-state index in [0.29, 0.717) is 0 Å². The first kappa shape index (κ1) is 16.4. The number of fused-ring (bicyclic) bond motifs is 1. The highest BCUT2D eigenvalue weighted by atomic mass is 15.2. The van der Waals surface area contributed by atoms with Crippen LogP contribution in [0.15, 0.2) is 29.4 Å². The first-order valence-corrected chi connectivity index (χ1v) is 8.34. The molecule has 0 aliphatic heterocycles. The van der Waals surface area contributed by atoms with Gasteiger partial charge in [0.05, 0.1) is 0 Å². The number of hydrogen-bond donors (Lipinski definition) is 3. The van der Waals surface area contributed by atoms with E-state index in [2.05, 4.69) is 65.8 Å². The predicted molar refractivity (Wildman–Crippen MR) is 95.6 cm³/mol. The lowest BCUT2D eigenvalue weighted by atomic mass is 10.1. The van der Waals surface area contributed by atoms with Crippen LogP contribution >= 0.6 is 0 Å². The first-order chi connectivity index (χ1) is 10.8. The Morgan fingerprint density at radius 2 is 2.09 bits per heavy atom. The molecule has 0 bridgehead atoms. The number of hydrogen-bond acceptors (Lipinski definition) is 1. The van der Waals surface area contributed by atoms with E-state index in [-0.39, 0.29) is 0 Å². The van der Waals surface area contributed by atoms with Crippen LogP contribution in [0.2, 0.25) is 0 Å². The van der Waals surface area contributed by atoms with Gasteiger partial charge < -0.3 is 15.6 Å². The van der Waals surface area contributed by atoms with Gasteiger partial charge in [0.2, 0.25) is 0 Å². The maximum atomic E-state index is 4.59. The van der Waals surface area contributed by atoms with E-state index < -0.39 is 0 Å². The predicted octanol–water partition coefficient (Wildman–Crippen LogP) is 3.37. The summed E-state index contributed by atoms with van der Waals surface area (Å²) in [5.74, 6) is 0.923. The van der Waals surface area contributed by atoms with E-state index in [9.17, 15) is 0 Å². The minimum Gasteiger partial charge on any atom is -0.361 e. The zero-order chi connectivity index (χ0) is 15.8. The molecule has 0 aliphatic rings. The van der Waals surface area contributed by atoms with Crippen molar-refractivity contribution in [3.63, 3.8) is 0 Å². The Morgan fingerprint density at radius 1 is 1.23 bits per heavy atom. The highest BCUT2D eigenvalue weighted by Gasteiger charge is 2.05. The van der Waals surface area contributed by atoms with Crippen molar-refractivity contribution in [3.05, 3.63) is 35.5 Å². The number of aromatic nitrogens is 1. The molecular weight excluding hydrogens is 272 g/mol. The first-order valence-electron chi connectivity index (χ1n) is 8.34. The zero-order valence-electron chi connectivity index (χ0n) is 14.0. The van der Waals surface area contributed by atoms with Gasteiger partial charge in [-0.05, 0) is 37.8 Å². The second-order valence-corrected chi connectivity index (χ2v) is 5.60. The van der Waals surface area contributed by atoms with Crippen molar-refractivity contribution >= 4 is 16.9 Å². The highest BCUT2D eigenvalue weighted by molar-refractivity contribution is 5.86. The Kier molecular flexibility index (Phi) is 6.31. The van der Waals surface area contributed by atoms with Gasteiger partial charge in [-0.2, -0.15) is 0 Å². The van der Waals surface area contributed by atoms with Crippen LogP contribution < -0.4 is 10.6 Å². The van der Waals surface area contributed by atoms with Gasteiger partial charge in [0.1, 0.15) is 0 Å². The van der Waals surface area contributed by atoms with Gasteiger partial charge in [-0.15, -0.1) is 0 Å². The van der Waals surface area contributed by atoms with Crippen LogP contribution in [0, 0.1) is 6.92 Å². The molecule has 0 saturated heterocycles. The van der Waals surface area contributed by atoms with E-state index in [1.165, 1.54) is 28.5 Å². The van der Waals surface area contributed by atoms with Crippen molar-refractivity contribution in [1.82, 2.24) is 15.6 Å². The number of benzene rings is 1. The lowest BCUT2D eigenvalue weighted by Gasteiger charge is -2.11. The smallest absolute Gasteiger partial charge is 0.191 e. The number of H-pyrrole nitrogens is 1. The molecule has 0 atom stereocenters. The number of nitrogens with one attached hydrogen (secondary N) is 3. The molecule has 120 valence electrons. The summed E-state index contributed by atoms with van der Waals surface area (Å²) in [6, 6.07) is 6.46. The molecule has 2 rings (SSSR count). The fraction of sp³-hybridized carbons (Fsp3) is 0.500. The van der Waals surface area contributed by atoms with Crippen molar-refractivity contribution in [2.24, 2.45) is 4.99 Å². The van der Waals surface area contributed by atoms with E-state index >= 15 is 0 Å². The number of para-hydroxylation sites is 1. The summed E-state index contributed by atoms with van der Waals surface area (Å²) in [6.07, 6.45) is 5.43. The maximum absolute atomic E-state index is 4.59. The van der Waals surface area contributed by atoms with Crippen molar-refractivity contribution < 1.29 is 0 Å². The van der Waals surface area contributed by atoms with Gasteiger partial charge in [0.15, 0.2) is 5.96 Å². The topological polar surface area (TPSA) is 52.2 Å². The van der Waals surface area contributed by atoms with E-state index in [1.54, 1.807) is 0 Å². The number of nitrogens with zero attached hydrogens (tertiary/aromatic N) is 1. The van der Waals surface area contributed by atoms with Crippen LogP contribution in [0.25, 0.3) is 10.9 Å². The Morgan fingerprint density at radius 3 is 2.86 bits per heavy atom. The number of aryl methyl sites for hydroxylation is 1. The number of aromatic amines is 1.